The van der Waals surface area contributed by atoms with Crippen molar-refractivity contribution < 1.29 is 19.0 Å². The van der Waals surface area contributed by atoms with Gasteiger partial charge in [-0.05, 0) is 32.0 Å². The SMILES string of the molecule is COC(=O)CC(c1cc(OC)ccc1OC)C(C)(C)N. The van der Waals surface area contributed by atoms with Crippen molar-refractivity contribution >= 4 is 5.97 Å². The van der Waals surface area contributed by atoms with Crippen molar-refractivity contribution in [3.63, 3.8) is 0 Å². The van der Waals surface area contributed by atoms with Gasteiger partial charge in [0.05, 0.1) is 27.8 Å². The Morgan fingerprint density at radius 1 is 1.25 bits per heavy atom. The van der Waals surface area contributed by atoms with Gasteiger partial charge in [0.2, 0.25) is 0 Å². The highest BCUT2D eigenvalue weighted by molar-refractivity contribution is 5.71. The van der Waals surface area contributed by atoms with E-state index in [4.69, 9.17) is 19.9 Å². The highest BCUT2D eigenvalue weighted by atomic mass is 16.5. The van der Waals surface area contributed by atoms with Gasteiger partial charge >= 0.3 is 5.97 Å². The van der Waals surface area contributed by atoms with E-state index in [1.807, 2.05) is 26.0 Å². The molecule has 112 valence electrons. The Bertz CT molecular complexity index is 465. The molecule has 1 aromatic rings. The zero-order valence-electron chi connectivity index (χ0n) is 12.7. The second-order valence-electron chi connectivity index (χ2n) is 5.26. The molecule has 1 rings (SSSR count). The molecule has 1 unspecified atom stereocenters. The van der Waals surface area contributed by atoms with Crippen LogP contribution >= 0.6 is 0 Å². The number of nitrogens with two attached hydrogens (primary N) is 1. The van der Waals surface area contributed by atoms with Crippen LogP contribution in [0.5, 0.6) is 11.5 Å². The maximum atomic E-state index is 11.6. The fourth-order valence-corrected chi connectivity index (χ4v) is 2.14. The fourth-order valence-electron chi connectivity index (χ4n) is 2.14. The van der Waals surface area contributed by atoms with Crippen molar-refractivity contribution in [2.24, 2.45) is 5.73 Å². The third kappa shape index (κ3) is 3.87. The normalized spacial score (nSPS) is 12.7. The number of hydrogen-bond acceptors (Lipinski definition) is 5. The van der Waals surface area contributed by atoms with Gasteiger partial charge in [0.1, 0.15) is 11.5 Å². The molecule has 0 spiro atoms. The third-order valence-corrected chi connectivity index (χ3v) is 3.31. The number of hydrogen-bond donors (Lipinski definition) is 1. The Labute approximate surface area is 120 Å². The number of methoxy groups -OCH3 is 3. The third-order valence-electron chi connectivity index (χ3n) is 3.31. The van der Waals surface area contributed by atoms with Crippen LogP contribution in [-0.4, -0.2) is 32.8 Å². The summed E-state index contributed by atoms with van der Waals surface area (Å²) < 4.78 is 15.4. The van der Waals surface area contributed by atoms with Crippen LogP contribution in [-0.2, 0) is 9.53 Å². The molecule has 0 aliphatic rings. The van der Waals surface area contributed by atoms with Crippen LogP contribution in [0.1, 0.15) is 31.7 Å². The lowest BCUT2D eigenvalue weighted by atomic mass is 9.80. The lowest BCUT2D eigenvalue weighted by molar-refractivity contribution is -0.141. The minimum atomic E-state index is -0.603. The number of ether oxygens (including phenoxy) is 3. The van der Waals surface area contributed by atoms with Gasteiger partial charge in [-0.25, -0.2) is 0 Å². The summed E-state index contributed by atoms with van der Waals surface area (Å²) in [4.78, 5) is 11.6. The Morgan fingerprint density at radius 3 is 2.35 bits per heavy atom. The molecule has 0 heterocycles. The topological polar surface area (TPSA) is 70.8 Å². The molecule has 0 fully saturated rings. The van der Waals surface area contributed by atoms with Gasteiger partial charge < -0.3 is 19.9 Å². The first kappa shape index (κ1) is 16.3. The number of carbonyl (C=O) groups excluding carboxylic acids is 1. The van der Waals surface area contributed by atoms with Crippen molar-refractivity contribution in [2.45, 2.75) is 31.7 Å². The molecule has 2 N–H and O–H groups in total. The molecule has 5 heteroatoms. The summed E-state index contributed by atoms with van der Waals surface area (Å²) >= 11 is 0. The summed E-state index contributed by atoms with van der Waals surface area (Å²) in [7, 11) is 4.55. The first-order valence-electron chi connectivity index (χ1n) is 6.41. The van der Waals surface area contributed by atoms with Gasteiger partial charge in [-0.15, -0.1) is 0 Å². The highest BCUT2D eigenvalue weighted by Crippen LogP contribution is 2.37. The minimum Gasteiger partial charge on any atom is -0.497 e. The number of esters is 1. The molecular weight excluding hydrogens is 258 g/mol. The molecule has 0 aromatic heterocycles. The highest BCUT2D eigenvalue weighted by Gasteiger charge is 2.32. The molecule has 0 saturated heterocycles. The standard InChI is InChI=1S/C15H23NO4/c1-15(2,16)12(9-14(17)20-5)11-8-10(18-3)6-7-13(11)19-4/h6-8,12H,9,16H2,1-5H3. The summed E-state index contributed by atoms with van der Waals surface area (Å²) in [6, 6.07) is 5.46. The quantitative estimate of drug-likeness (QED) is 0.808. The molecule has 20 heavy (non-hydrogen) atoms. The Kier molecular flexibility index (Phi) is 5.39. The van der Waals surface area contributed by atoms with Crippen LogP contribution < -0.4 is 15.2 Å². The van der Waals surface area contributed by atoms with Gasteiger partial charge in [0.15, 0.2) is 0 Å². The van der Waals surface area contributed by atoms with E-state index in [9.17, 15) is 4.79 Å². The van der Waals surface area contributed by atoms with E-state index in [-0.39, 0.29) is 18.3 Å². The van der Waals surface area contributed by atoms with Crippen molar-refractivity contribution in [1.82, 2.24) is 0 Å². The fraction of sp³-hybridized carbons (Fsp3) is 0.533. The molecule has 1 atom stereocenters. The largest absolute Gasteiger partial charge is 0.497 e. The summed E-state index contributed by atoms with van der Waals surface area (Å²) in [5, 5.41) is 0. The molecule has 0 amide bonds. The lowest BCUT2D eigenvalue weighted by Crippen LogP contribution is -2.40. The Hall–Kier alpha value is -1.75. The first-order valence-corrected chi connectivity index (χ1v) is 6.41. The summed E-state index contributed by atoms with van der Waals surface area (Å²) in [5.41, 5.74) is 6.46. The summed E-state index contributed by atoms with van der Waals surface area (Å²) in [6.07, 6.45) is 0.184. The van der Waals surface area contributed by atoms with E-state index in [0.29, 0.717) is 11.5 Å². The van der Waals surface area contributed by atoms with E-state index in [1.165, 1.54) is 7.11 Å². The molecule has 0 bridgehead atoms. The molecule has 0 aliphatic carbocycles. The maximum Gasteiger partial charge on any atom is 0.306 e. The number of carbonyl (C=O) groups is 1. The predicted octanol–water partition coefficient (Wildman–Crippen LogP) is 2.09. The second kappa shape index (κ2) is 6.61. The second-order valence-corrected chi connectivity index (χ2v) is 5.26. The van der Waals surface area contributed by atoms with Crippen LogP contribution in [0, 0.1) is 0 Å². The lowest BCUT2D eigenvalue weighted by Gasteiger charge is -2.31. The van der Waals surface area contributed by atoms with Gasteiger partial charge in [0.25, 0.3) is 0 Å². The Morgan fingerprint density at radius 2 is 1.90 bits per heavy atom. The van der Waals surface area contributed by atoms with Crippen molar-refractivity contribution in [3.8, 4) is 11.5 Å². The molecule has 0 radical (unpaired) electrons. The van der Waals surface area contributed by atoms with Crippen LogP contribution in [0.4, 0.5) is 0 Å². The molecule has 5 nitrogen and oxygen atoms in total. The smallest absolute Gasteiger partial charge is 0.306 e. The zero-order chi connectivity index (χ0) is 15.3. The van der Waals surface area contributed by atoms with Gasteiger partial charge in [-0.3, -0.25) is 4.79 Å². The van der Waals surface area contributed by atoms with Crippen molar-refractivity contribution in [2.75, 3.05) is 21.3 Å². The van der Waals surface area contributed by atoms with Gasteiger partial charge in [-0.2, -0.15) is 0 Å². The average molecular weight is 281 g/mol. The monoisotopic (exact) mass is 281 g/mol. The zero-order valence-corrected chi connectivity index (χ0v) is 12.7. The number of rotatable bonds is 6. The summed E-state index contributed by atoms with van der Waals surface area (Å²) in [5.74, 6) is 0.830. The van der Waals surface area contributed by atoms with E-state index in [2.05, 4.69) is 0 Å². The van der Waals surface area contributed by atoms with E-state index in [0.717, 1.165) is 5.56 Å². The predicted molar refractivity (Wildman–Crippen MR) is 77.2 cm³/mol. The van der Waals surface area contributed by atoms with E-state index in [1.54, 1.807) is 20.3 Å². The van der Waals surface area contributed by atoms with Crippen LogP contribution in [0.3, 0.4) is 0 Å². The summed E-state index contributed by atoms with van der Waals surface area (Å²) in [6.45, 7) is 3.75. The Balaban J connectivity index is 3.28. The maximum absolute atomic E-state index is 11.6. The average Bonchev–Trinajstić information content (AvgIpc) is 2.42. The van der Waals surface area contributed by atoms with E-state index >= 15 is 0 Å². The van der Waals surface area contributed by atoms with Crippen molar-refractivity contribution in [3.05, 3.63) is 23.8 Å². The van der Waals surface area contributed by atoms with Crippen LogP contribution in [0.25, 0.3) is 0 Å². The minimum absolute atomic E-state index is 0.184. The van der Waals surface area contributed by atoms with Gasteiger partial charge in [0, 0.05) is 17.0 Å². The van der Waals surface area contributed by atoms with Gasteiger partial charge in [-0.1, -0.05) is 0 Å². The molecule has 0 aliphatic heterocycles. The van der Waals surface area contributed by atoms with E-state index < -0.39 is 5.54 Å². The number of benzene rings is 1. The first-order chi connectivity index (χ1) is 9.33. The van der Waals surface area contributed by atoms with Crippen LogP contribution in [0.15, 0.2) is 18.2 Å². The molecule has 0 saturated carbocycles. The van der Waals surface area contributed by atoms with Crippen LogP contribution in [0.2, 0.25) is 0 Å². The van der Waals surface area contributed by atoms with Crippen molar-refractivity contribution in [1.29, 1.82) is 0 Å². The molecular formula is C15H23NO4. The molecule has 1 aromatic carbocycles.